The molecule has 0 spiro atoms. The molecule has 16 heavy (non-hydrogen) atoms. The predicted molar refractivity (Wildman–Crippen MR) is 71.5 cm³/mol. The summed E-state index contributed by atoms with van der Waals surface area (Å²) < 4.78 is 0.757. The third-order valence-electron chi connectivity index (χ3n) is 1.82. The zero-order valence-electron chi connectivity index (χ0n) is 9.53. The van der Waals surface area contributed by atoms with E-state index in [2.05, 4.69) is 15.9 Å². The van der Waals surface area contributed by atoms with E-state index in [9.17, 15) is 9.90 Å². The standard InChI is InChI=1S/C12H15BrO2S/c1-12(2,3)16-11(15)10(14)8-4-6-9(13)7-5-8/h4-7,10,14H,1-3H3. The van der Waals surface area contributed by atoms with Gasteiger partial charge in [0, 0.05) is 9.22 Å². The maximum atomic E-state index is 11.7. The maximum absolute atomic E-state index is 11.7. The van der Waals surface area contributed by atoms with Gasteiger partial charge in [-0.15, -0.1) is 0 Å². The fourth-order valence-corrected chi connectivity index (χ4v) is 2.25. The summed E-state index contributed by atoms with van der Waals surface area (Å²) in [5.41, 5.74) is 0.630. The minimum atomic E-state index is -1.04. The highest BCUT2D eigenvalue weighted by molar-refractivity contribution is 9.10. The SMILES string of the molecule is CC(C)(C)SC(=O)C(O)c1ccc(Br)cc1. The van der Waals surface area contributed by atoms with Crippen molar-refractivity contribution >= 4 is 32.8 Å². The van der Waals surface area contributed by atoms with Gasteiger partial charge in [-0.25, -0.2) is 0 Å². The largest absolute Gasteiger partial charge is 0.380 e. The van der Waals surface area contributed by atoms with E-state index in [1.165, 1.54) is 0 Å². The van der Waals surface area contributed by atoms with Crippen molar-refractivity contribution in [2.45, 2.75) is 31.6 Å². The van der Waals surface area contributed by atoms with Crippen molar-refractivity contribution in [3.05, 3.63) is 34.3 Å². The van der Waals surface area contributed by atoms with E-state index in [1.54, 1.807) is 12.1 Å². The number of carbonyl (C=O) groups excluding carboxylic acids is 1. The van der Waals surface area contributed by atoms with E-state index in [-0.39, 0.29) is 9.86 Å². The Hall–Kier alpha value is -0.320. The first-order valence-electron chi connectivity index (χ1n) is 4.96. The number of thioether (sulfide) groups is 1. The van der Waals surface area contributed by atoms with Crippen molar-refractivity contribution in [2.24, 2.45) is 0 Å². The molecule has 1 aromatic rings. The lowest BCUT2D eigenvalue weighted by Gasteiger charge is -2.18. The number of aliphatic hydroxyl groups is 1. The number of hydrogen-bond donors (Lipinski definition) is 1. The molecule has 1 aromatic carbocycles. The molecule has 1 unspecified atom stereocenters. The van der Waals surface area contributed by atoms with Crippen LogP contribution in [-0.4, -0.2) is 15.0 Å². The first-order chi connectivity index (χ1) is 7.29. The zero-order valence-corrected chi connectivity index (χ0v) is 11.9. The molecule has 2 nitrogen and oxygen atoms in total. The molecule has 0 aliphatic carbocycles. The van der Waals surface area contributed by atoms with E-state index in [1.807, 2.05) is 32.9 Å². The van der Waals surface area contributed by atoms with E-state index < -0.39 is 6.10 Å². The van der Waals surface area contributed by atoms with Crippen LogP contribution in [0, 0.1) is 0 Å². The Morgan fingerprint density at radius 3 is 2.25 bits per heavy atom. The topological polar surface area (TPSA) is 37.3 Å². The second kappa shape index (κ2) is 5.34. The summed E-state index contributed by atoms with van der Waals surface area (Å²) in [4.78, 5) is 11.7. The van der Waals surface area contributed by atoms with Crippen LogP contribution >= 0.6 is 27.7 Å². The van der Waals surface area contributed by atoms with E-state index in [0.717, 1.165) is 16.2 Å². The van der Waals surface area contributed by atoms with Crippen LogP contribution in [0.15, 0.2) is 28.7 Å². The van der Waals surface area contributed by atoms with Gasteiger partial charge in [0.15, 0.2) is 0 Å². The molecule has 1 N–H and O–H groups in total. The fraction of sp³-hybridized carbons (Fsp3) is 0.417. The third-order valence-corrected chi connectivity index (χ3v) is 3.38. The second-order valence-corrected chi connectivity index (χ2v) is 7.23. The first-order valence-corrected chi connectivity index (χ1v) is 6.57. The summed E-state index contributed by atoms with van der Waals surface area (Å²) in [6, 6.07) is 7.12. The molecule has 0 aliphatic heterocycles. The summed E-state index contributed by atoms with van der Waals surface area (Å²) in [6.45, 7) is 5.84. The van der Waals surface area contributed by atoms with Gasteiger partial charge in [0.1, 0.15) is 6.10 Å². The summed E-state index contributed by atoms with van der Waals surface area (Å²) in [5, 5.41) is 9.64. The van der Waals surface area contributed by atoms with Crippen molar-refractivity contribution in [2.75, 3.05) is 0 Å². The summed E-state index contributed by atoms with van der Waals surface area (Å²) in [7, 11) is 0. The highest BCUT2D eigenvalue weighted by Gasteiger charge is 2.24. The maximum Gasteiger partial charge on any atom is 0.222 e. The Morgan fingerprint density at radius 1 is 1.31 bits per heavy atom. The van der Waals surface area contributed by atoms with Gasteiger partial charge in [-0.2, -0.15) is 0 Å². The number of hydrogen-bond acceptors (Lipinski definition) is 3. The Kier molecular flexibility index (Phi) is 4.59. The summed E-state index contributed by atoms with van der Waals surface area (Å²) in [6.07, 6.45) is -1.04. The Bertz CT molecular complexity index is 368. The molecule has 1 rings (SSSR count). The minimum absolute atomic E-state index is 0.173. The zero-order chi connectivity index (χ0) is 12.3. The molecule has 0 aromatic heterocycles. The molecule has 0 amide bonds. The van der Waals surface area contributed by atoms with Crippen molar-refractivity contribution in [1.29, 1.82) is 0 Å². The number of halogens is 1. The lowest BCUT2D eigenvalue weighted by Crippen LogP contribution is -2.17. The Morgan fingerprint density at radius 2 is 1.81 bits per heavy atom. The molecule has 0 saturated heterocycles. The second-order valence-electron chi connectivity index (χ2n) is 4.49. The molecular weight excluding hydrogens is 288 g/mol. The fourth-order valence-electron chi connectivity index (χ4n) is 1.14. The van der Waals surface area contributed by atoms with Crippen LogP contribution in [0.5, 0.6) is 0 Å². The highest BCUT2D eigenvalue weighted by atomic mass is 79.9. The van der Waals surface area contributed by atoms with Crippen LogP contribution in [-0.2, 0) is 4.79 Å². The number of rotatable bonds is 2. The molecule has 0 aliphatic rings. The molecule has 0 fully saturated rings. The van der Waals surface area contributed by atoms with E-state index in [4.69, 9.17) is 0 Å². The van der Waals surface area contributed by atoms with Crippen LogP contribution in [0.2, 0.25) is 0 Å². The van der Waals surface area contributed by atoms with Crippen molar-refractivity contribution in [1.82, 2.24) is 0 Å². The van der Waals surface area contributed by atoms with Gasteiger partial charge in [0.05, 0.1) is 0 Å². The lowest BCUT2D eigenvalue weighted by atomic mass is 10.1. The molecule has 0 bridgehead atoms. The van der Waals surface area contributed by atoms with Crippen LogP contribution < -0.4 is 0 Å². The molecule has 1 atom stereocenters. The van der Waals surface area contributed by atoms with Gasteiger partial charge >= 0.3 is 0 Å². The minimum Gasteiger partial charge on any atom is -0.380 e. The summed E-state index contributed by atoms with van der Waals surface area (Å²) in [5.74, 6) is 0. The Labute approximate surface area is 109 Å². The number of benzene rings is 1. The number of carbonyl (C=O) groups is 1. The monoisotopic (exact) mass is 302 g/mol. The third kappa shape index (κ3) is 4.28. The summed E-state index contributed by atoms with van der Waals surface area (Å²) >= 11 is 4.47. The van der Waals surface area contributed by atoms with Crippen LogP contribution in [0.3, 0.4) is 0 Å². The Balaban J connectivity index is 2.74. The molecule has 88 valence electrons. The smallest absolute Gasteiger partial charge is 0.222 e. The van der Waals surface area contributed by atoms with Crippen LogP contribution in [0.4, 0.5) is 0 Å². The predicted octanol–water partition coefficient (Wildman–Crippen LogP) is 3.54. The van der Waals surface area contributed by atoms with Gasteiger partial charge in [0.25, 0.3) is 0 Å². The van der Waals surface area contributed by atoms with Crippen molar-refractivity contribution in [3.63, 3.8) is 0 Å². The molecular formula is C12H15BrO2S. The average Bonchev–Trinajstić information content (AvgIpc) is 2.15. The van der Waals surface area contributed by atoms with Gasteiger partial charge in [0.2, 0.25) is 5.12 Å². The van der Waals surface area contributed by atoms with Crippen molar-refractivity contribution in [3.8, 4) is 0 Å². The van der Waals surface area contributed by atoms with Gasteiger partial charge in [-0.1, -0.05) is 60.6 Å². The van der Waals surface area contributed by atoms with Gasteiger partial charge < -0.3 is 5.11 Å². The molecule has 4 heteroatoms. The molecule has 0 heterocycles. The quantitative estimate of drug-likeness (QED) is 0.908. The average molecular weight is 303 g/mol. The lowest BCUT2D eigenvalue weighted by molar-refractivity contribution is -0.118. The van der Waals surface area contributed by atoms with Crippen LogP contribution in [0.25, 0.3) is 0 Å². The van der Waals surface area contributed by atoms with Crippen LogP contribution in [0.1, 0.15) is 32.4 Å². The molecule has 0 saturated carbocycles. The normalized spacial score (nSPS) is 13.6. The van der Waals surface area contributed by atoms with Crippen molar-refractivity contribution < 1.29 is 9.90 Å². The number of aliphatic hydroxyl groups excluding tert-OH is 1. The highest BCUT2D eigenvalue weighted by Crippen LogP contribution is 2.30. The van der Waals surface area contributed by atoms with Gasteiger partial charge in [-0.05, 0) is 17.7 Å². The first kappa shape index (κ1) is 13.7. The van der Waals surface area contributed by atoms with Gasteiger partial charge in [-0.3, -0.25) is 4.79 Å². The van der Waals surface area contributed by atoms with E-state index >= 15 is 0 Å². The van der Waals surface area contributed by atoms with E-state index in [0.29, 0.717) is 5.56 Å². The molecule has 0 radical (unpaired) electrons.